The fraction of sp³-hybridized carbons (Fsp3) is 0.688. The van der Waals surface area contributed by atoms with Crippen molar-refractivity contribution in [3.63, 3.8) is 0 Å². The first kappa shape index (κ1) is 14.7. The van der Waals surface area contributed by atoms with Crippen LogP contribution in [-0.4, -0.2) is 49.2 Å². The molecule has 1 saturated carbocycles. The Hall–Kier alpha value is -1.20. The zero-order valence-corrected chi connectivity index (χ0v) is 12.8. The van der Waals surface area contributed by atoms with E-state index in [-0.39, 0.29) is 5.82 Å². The Kier molecular flexibility index (Phi) is 4.70. The minimum absolute atomic E-state index is 0.256. The summed E-state index contributed by atoms with van der Waals surface area (Å²) in [4.78, 5) is 9.27. The number of halogens is 1. The largest absolute Gasteiger partial charge is 0.354 e. The minimum atomic E-state index is -0.256. The topological polar surface area (TPSA) is 31.4 Å². The van der Waals surface area contributed by atoms with Crippen molar-refractivity contribution < 1.29 is 4.39 Å². The molecular weight excluding hydrogens is 267 g/mol. The summed E-state index contributed by atoms with van der Waals surface area (Å²) in [6.45, 7) is 4.84. The summed E-state index contributed by atoms with van der Waals surface area (Å²) >= 11 is 0. The molecule has 116 valence electrons. The molecule has 3 rings (SSSR count). The van der Waals surface area contributed by atoms with Gasteiger partial charge < -0.3 is 10.2 Å². The predicted octanol–water partition coefficient (Wildman–Crippen LogP) is 2.00. The third kappa shape index (κ3) is 3.35. The molecule has 0 unspecified atom stereocenters. The maximum absolute atomic E-state index is 13.4. The summed E-state index contributed by atoms with van der Waals surface area (Å²) in [5.41, 5.74) is 0.951. The molecule has 4 nitrogen and oxygen atoms in total. The summed E-state index contributed by atoms with van der Waals surface area (Å²) in [5.74, 6) is 0.686. The number of hydrogen-bond donors (Lipinski definition) is 1. The number of nitrogens with zero attached hydrogens (tertiary/aromatic N) is 3. The minimum Gasteiger partial charge on any atom is -0.354 e. The Morgan fingerprint density at radius 1 is 1.24 bits per heavy atom. The van der Waals surface area contributed by atoms with E-state index < -0.39 is 0 Å². The lowest BCUT2D eigenvalue weighted by Gasteiger charge is -2.39. The first-order chi connectivity index (χ1) is 10.3. The number of pyridine rings is 1. The Bertz CT molecular complexity index is 465. The quantitative estimate of drug-likeness (QED) is 0.920. The molecule has 1 aliphatic carbocycles. The van der Waals surface area contributed by atoms with Gasteiger partial charge in [-0.05, 0) is 26.0 Å². The highest BCUT2D eigenvalue weighted by molar-refractivity contribution is 5.47. The van der Waals surface area contributed by atoms with E-state index in [0.717, 1.165) is 43.6 Å². The normalized spacial score (nSPS) is 21.1. The molecule has 21 heavy (non-hydrogen) atoms. The number of piperazine rings is 1. The van der Waals surface area contributed by atoms with Crippen LogP contribution in [0.3, 0.4) is 0 Å². The van der Waals surface area contributed by atoms with E-state index >= 15 is 0 Å². The van der Waals surface area contributed by atoms with Gasteiger partial charge >= 0.3 is 0 Å². The van der Waals surface area contributed by atoms with Crippen LogP contribution in [0.2, 0.25) is 0 Å². The third-order valence-corrected chi connectivity index (χ3v) is 4.73. The second kappa shape index (κ2) is 6.71. The molecule has 1 aromatic heterocycles. The molecule has 0 atom stereocenters. The average Bonchev–Trinajstić information content (AvgIpc) is 3.02. The van der Waals surface area contributed by atoms with Gasteiger partial charge in [0.05, 0.1) is 6.20 Å². The Labute approximate surface area is 126 Å². The lowest BCUT2D eigenvalue weighted by Crippen LogP contribution is -2.50. The highest BCUT2D eigenvalue weighted by Gasteiger charge is 2.27. The molecule has 0 radical (unpaired) electrons. The van der Waals surface area contributed by atoms with E-state index in [9.17, 15) is 4.39 Å². The smallest absolute Gasteiger partial charge is 0.141 e. The van der Waals surface area contributed by atoms with Crippen LogP contribution in [0.5, 0.6) is 0 Å². The molecule has 0 aromatic carbocycles. The monoisotopic (exact) mass is 292 g/mol. The zero-order valence-electron chi connectivity index (χ0n) is 12.8. The molecule has 1 saturated heterocycles. The number of hydrogen-bond acceptors (Lipinski definition) is 4. The van der Waals surface area contributed by atoms with Crippen molar-refractivity contribution in [2.24, 2.45) is 0 Å². The second-order valence-corrected chi connectivity index (χ2v) is 6.13. The molecule has 1 N–H and O–H groups in total. The second-order valence-electron chi connectivity index (χ2n) is 6.13. The van der Waals surface area contributed by atoms with Crippen LogP contribution in [0.25, 0.3) is 0 Å². The maximum atomic E-state index is 13.4. The van der Waals surface area contributed by atoms with Crippen LogP contribution >= 0.6 is 0 Å². The molecular formula is C16H25FN4. The fourth-order valence-corrected chi connectivity index (χ4v) is 3.65. The first-order valence-electron chi connectivity index (χ1n) is 8.06. The molecule has 2 heterocycles. The van der Waals surface area contributed by atoms with Gasteiger partial charge in [-0.15, -0.1) is 0 Å². The first-order valence-corrected chi connectivity index (χ1v) is 8.06. The molecule has 0 amide bonds. The Morgan fingerprint density at radius 3 is 2.62 bits per heavy atom. The number of anilines is 1. The highest BCUT2D eigenvalue weighted by atomic mass is 19.1. The van der Waals surface area contributed by atoms with E-state index in [2.05, 4.69) is 20.1 Å². The number of rotatable bonds is 4. The highest BCUT2D eigenvalue weighted by Crippen LogP contribution is 2.26. The van der Waals surface area contributed by atoms with Crippen LogP contribution in [0.1, 0.15) is 31.2 Å². The zero-order chi connectivity index (χ0) is 14.7. The summed E-state index contributed by atoms with van der Waals surface area (Å²) < 4.78 is 13.4. The molecule has 1 aliphatic heterocycles. The van der Waals surface area contributed by atoms with Crippen molar-refractivity contribution in [1.82, 2.24) is 15.2 Å². The van der Waals surface area contributed by atoms with Crippen molar-refractivity contribution in [2.75, 3.05) is 38.1 Å². The summed E-state index contributed by atoms with van der Waals surface area (Å²) in [5, 5.41) is 3.10. The van der Waals surface area contributed by atoms with E-state index in [0.29, 0.717) is 6.54 Å². The van der Waals surface area contributed by atoms with Gasteiger partial charge in [0, 0.05) is 44.3 Å². The molecule has 5 heteroatoms. The molecule has 2 fully saturated rings. The number of nitrogens with one attached hydrogen (secondary N) is 1. The van der Waals surface area contributed by atoms with Crippen molar-refractivity contribution in [1.29, 1.82) is 0 Å². The SMILES string of the molecule is CNCc1cc(F)cnc1N1CCN(C2CCCC2)CC1. The Balaban J connectivity index is 1.66. The van der Waals surface area contributed by atoms with E-state index in [4.69, 9.17) is 0 Å². The predicted molar refractivity (Wildman–Crippen MR) is 83.0 cm³/mol. The van der Waals surface area contributed by atoms with Gasteiger partial charge in [0.15, 0.2) is 0 Å². The molecule has 0 spiro atoms. The summed E-state index contributed by atoms with van der Waals surface area (Å²) in [7, 11) is 1.88. The summed E-state index contributed by atoms with van der Waals surface area (Å²) in [6.07, 6.45) is 6.82. The van der Waals surface area contributed by atoms with Gasteiger partial charge in [-0.3, -0.25) is 4.90 Å². The van der Waals surface area contributed by atoms with Crippen LogP contribution < -0.4 is 10.2 Å². The van der Waals surface area contributed by atoms with Crippen LogP contribution in [0, 0.1) is 5.82 Å². The van der Waals surface area contributed by atoms with Crippen molar-refractivity contribution in [3.8, 4) is 0 Å². The third-order valence-electron chi connectivity index (χ3n) is 4.73. The van der Waals surface area contributed by atoms with Gasteiger partial charge in [0.2, 0.25) is 0 Å². The lowest BCUT2D eigenvalue weighted by molar-refractivity contribution is 0.187. The van der Waals surface area contributed by atoms with Crippen LogP contribution in [-0.2, 0) is 6.54 Å². The van der Waals surface area contributed by atoms with Gasteiger partial charge in [0.1, 0.15) is 11.6 Å². The molecule has 0 bridgehead atoms. The van der Waals surface area contributed by atoms with Gasteiger partial charge in [-0.2, -0.15) is 0 Å². The van der Waals surface area contributed by atoms with Gasteiger partial charge in [-0.25, -0.2) is 9.37 Å². The fourth-order valence-electron chi connectivity index (χ4n) is 3.65. The molecule has 1 aromatic rings. The lowest BCUT2D eigenvalue weighted by atomic mass is 10.1. The number of aromatic nitrogens is 1. The average molecular weight is 292 g/mol. The van der Waals surface area contributed by atoms with Gasteiger partial charge in [0.25, 0.3) is 0 Å². The van der Waals surface area contributed by atoms with Crippen LogP contribution in [0.4, 0.5) is 10.2 Å². The van der Waals surface area contributed by atoms with Gasteiger partial charge in [-0.1, -0.05) is 12.8 Å². The summed E-state index contributed by atoms with van der Waals surface area (Å²) in [6, 6.07) is 2.40. The van der Waals surface area contributed by atoms with Crippen molar-refractivity contribution in [3.05, 3.63) is 23.6 Å². The van der Waals surface area contributed by atoms with Crippen molar-refractivity contribution >= 4 is 5.82 Å². The van der Waals surface area contributed by atoms with Crippen molar-refractivity contribution in [2.45, 2.75) is 38.3 Å². The van der Waals surface area contributed by atoms with E-state index in [1.807, 2.05) is 7.05 Å². The Morgan fingerprint density at radius 2 is 1.95 bits per heavy atom. The molecule has 2 aliphatic rings. The van der Waals surface area contributed by atoms with Crippen LogP contribution in [0.15, 0.2) is 12.3 Å². The standard InChI is InChI=1S/C16H25FN4/c1-18-11-13-10-14(17)12-19-16(13)21-8-6-20(7-9-21)15-4-2-3-5-15/h10,12,15,18H,2-9,11H2,1H3. The maximum Gasteiger partial charge on any atom is 0.141 e. The van der Waals surface area contributed by atoms with E-state index in [1.165, 1.54) is 31.9 Å². The van der Waals surface area contributed by atoms with E-state index in [1.54, 1.807) is 6.07 Å².